The van der Waals surface area contributed by atoms with E-state index >= 15 is 0 Å². The van der Waals surface area contributed by atoms with E-state index in [-0.39, 0.29) is 11.8 Å². The van der Waals surface area contributed by atoms with Crippen molar-refractivity contribution in [3.8, 4) is 0 Å². The molecule has 21 heavy (non-hydrogen) atoms. The van der Waals surface area contributed by atoms with Gasteiger partial charge < -0.3 is 15.2 Å². The summed E-state index contributed by atoms with van der Waals surface area (Å²) in [4.78, 5) is 16.5. The lowest BCUT2D eigenvalue weighted by atomic mass is 10.1. The van der Waals surface area contributed by atoms with Crippen LogP contribution in [0.2, 0.25) is 0 Å². The molecule has 1 amide bonds. The first kappa shape index (κ1) is 15.1. The fourth-order valence-electron chi connectivity index (χ4n) is 1.90. The van der Waals surface area contributed by atoms with Gasteiger partial charge in [0.25, 0.3) is 5.91 Å². The van der Waals surface area contributed by atoms with Crippen molar-refractivity contribution < 1.29 is 9.21 Å². The molecule has 4 N–H and O–H groups in total. The lowest BCUT2D eigenvalue weighted by Gasteiger charge is -2.10. The van der Waals surface area contributed by atoms with E-state index < -0.39 is 0 Å². The highest BCUT2D eigenvalue weighted by atomic mass is 16.3. The average molecular weight is 288 g/mol. The van der Waals surface area contributed by atoms with E-state index in [4.69, 9.17) is 10.3 Å². The zero-order valence-electron chi connectivity index (χ0n) is 12.4. The Morgan fingerprint density at radius 2 is 2.14 bits per heavy atom. The van der Waals surface area contributed by atoms with Crippen LogP contribution in [0.15, 0.2) is 28.7 Å². The molecule has 0 aromatic carbocycles. The van der Waals surface area contributed by atoms with E-state index in [9.17, 15) is 4.79 Å². The Balaban J connectivity index is 2.12. The Kier molecular flexibility index (Phi) is 4.59. The largest absolute Gasteiger partial charge is 0.465 e. The minimum atomic E-state index is -0.190. The van der Waals surface area contributed by atoms with Crippen LogP contribution in [-0.2, 0) is 6.54 Å². The fraction of sp³-hybridized carbons (Fsp3) is 0.333. The van der Waals surface area contributed by atoms with Gasteiger partial charge >= 0.3 is 0 Å². The van der Waals surface area contributed by atoms with Gasteiger partial charge in [0, 0.05) is 11.3 Å². The van der Waals surface area contributed by atoms with Crippen LogP contribution in [0.4, 0.5) is 5.82 Å². The first-order valence-electron chi connectivity index (χ1n) is 6.81. The maximum atomic E-state index is 12.2. The van der Waals surface area contributed by atoms with Crippen LogP contribution < -0.4 is 16.6 Å². The summed E-state index contributed by atoms with van der Waals surface area (Å²) in [5.41, 5.74) is 3.81. The number of pyridine rings is 1. The van der Waals surface area contributed by atoms with E-state index in [1.807, 2.05) is 32.9 Å². The normalized spacial score (nSPS) is 10.7. The summed E-state index contributed by atoms with van der Waals surface area (Å²) < 4.78 is 5.42. The Bertz CT molecular complexity index is 634. The number of rotatable bonds is 5. The Labute approximate surface area is 123 Å². The van der Waals surface area contributed by atoms with Crippen LogP contribution in [0.3, 0.4) is 0 Å². The monoisotopic (exact) mass is 288 g/mol. The molecule has 112 valence electrons. The van der Waals surface area contributed by atoms with Gasteiger partial charge in [-0.2, -0.15) is 0 Å². The van der Waals surface area contributed by atoms with Crippen molar-refractivity contribution >= 4 is 11.7 Å². The number of hydrogen-bond acceptors (Lipinski definition) is 5. The quantitative estimate of drug-likeness (QED) is 0.580. The summed E-state index contributed by atoms with van der Waals surface area (Å²) in [6, 6.07) is 7.10. The molecule has 0 unspecified atom stereocenters. The van der Waals surface area contributed by atoms with Crippen molar-refractivity contribution in [1.29, 1.82) is 0 Å². The topological polar surface area (TPSA) is 93.2 Å². The predicted molar refractivity (Wildman–Crippen MR) is 80.8 cm³/mol. The van der Waals surface area contributed by atoms with Gasteiger partial charge in [-0.3, -0.25) is 4.79 Å². The highest BCUT2D eigenvalue weighted by molar-refractivity contribution is 5.94. The van der Waals surface area contributed by atoms with Crippen molar-refractivity contribution in [2.75, 3.05) is 5.43 Å². The van der Waals surface area contributed by atoms with Crippen molar-refractivity contribution in [2.24, 2.45) is 5.84 Å². The Morgan fingerprint density at radius 1 is 1.38 bits per heavy atom. The molecule has 0 radical (unpaired) electrons. The van der Waals surface area contributed by atoms with Gasteiger partial charge in [-0.1, -0.05) is 13.8 Å². The van der Waals surface area contributed by atoms with E-state index in [0.717, 1.165) is 17.2 Å². The third kappa shape index (κ3) is 3.82. The summed E-state index contributed by atoms with van der Waals surface area (Å²) in [6.07, 6.45) is 0. The molecular formula is C15H20N4O2. The van der Waals surface area contributed by atoms with Crippen molar-refractivity contribution in [3.05, 3.63) is 47.0 Å². The number of nitrogen functional groups attached to an aromatic ring is 1. The third-order valence-electron chi connectivity index (χ3n) is 3.07. The number of aryl methyl sites for hydroxylation is 1. The molecule has 0 aliphatic heterocycles. The highest BCUT2D eigenvalue weighted by Crippen LogP contribution is 2.17. The van der Waals surface area contributed by atoms with Crippen LogP contribution in [0.1, 0.15) is 47.3 Å². The number of nitrogens with two attached hydrogens (primary N) is 1. The molecule has 2 aromatic rings. The molecule has 2 heterocycles. The van der Waals surface area contributed by atoms with E-state index in [2.05, 4.69) is 15.7 Å². The molecule has 0 saturated heterocycles. The van der Waals surface area contributed by atoms with E-state index in [0.29, 0.717) is 17.9 Å². The number of carbonyl (C=O) groups is 1. The molecule has 2 aromatic heterocycles. The molecule has 0 bridgehead atoms. The molecule has 0 saturated carbocycles. The average Bonchev–Trinajstić information content (AvgIpc) is 2.89. The molecule has 0 spiro atoms. The summed E-state index contributed by atoms with van der Waals surface area (Å²) in [6.45, 7) is 6.23. The van der Waals surface area contributed by atoms with Crippen molar-refractivity contribution in [3.63, 3.8) is 0 Å². The van der Waals surface area contributed by atoms with Crippen LogP contribution in [0.25, 0.3) is 0 Å². The standard InChI is InChI=1S/C15H20N4O2/c1-9(2)13-6-11(7-14(18-13)19-16)15(20)17-8-12-5-4-10(3)21-12/h4-7,9H,8,16H2,1-3H3,(H,17,20)(H,18,19). The molecule has 6 heteroatoms. The highest BCUT2D eigenvalue weighted by Gasteiger charge is 2.12. The fourth-order valence-corrected chi connectivity index (χ4v) is 1.90. The minimum Gasteiger partial charge on any atom is -0.465 e. The van der Waals surface area contributed by atoms with Crippen molar-refractivity contribution in [2.45, 2.75) is 33.2 Å². The number of nitrogens with one attached hydrogen (secondary N) is 2. The molecule has 2 rings (SSSR count). The summed E-state index contributed by atoms with van der Waals surface area (Å²) in [5, 5.41) is 2.82. The van der Waals surface area contributed by atoms with Crippen LogP contribution in [-0.4, -0.2) is 10.9 Å². The number of hydrogen-bond donors (Lipinski definition) is 3. The van der Waals surface area contributed by atoms with Gasteiger partial charge in [0.2, 0.25) is 0 Å². The minimum absolute atomic E-state index is 0.190. The zero-order valence-corrected chi connectivity index (χ0v) is 12.4. The van der Waals surface area contributed by atoms with Gasteiger partial charge in [-0.15, -0.1) is 0 Å². The van der Waals surface area contributed by atoms with Crippen LogP contribution >= 0.6 is 0 Å². The smallest absolute Gasteiger partial charge is 0.251 e. The lowest BCUT2D eigenvalue weighted by Crippen LogP contribution is -2.23. The van der Waals surface area contributed by atoms with Gasteiger partial charge in [0.05, 0.1) is 6.54 Å². The molecule has 0 fully saturated rings. The zero-order chi connectivity index (χ0) is 15.4. The lowest BCUT2D eigenvalue weighted by molar-refractivity contribution is 0.0947. The molecule has 0 atom stereocenters. The maximum Gasteiger partial charge on any atom is 0.251 e. The van der Waals surface area contributed by atoms with E-state index in [1.54, 1.807) is 12.1 Å². The second-order valence-electron chi connectivity index (χ2n) is 5.16. The van der Waals surface area contributed by atoms with Crippen molar-refractivity contribution in [1.82, 2.24) is 10.3 Å². The van der Waals surface area contributed by atoms with E-state index in [1.165, 1.54) is 0 Å². The SMILES string of the molecule is Cc1ccc(CNC(=O)c2cc(NN)nc(C(C)C)c2)o1. The summed E-state index contributed by atoms with van der Waals surface area (Å²) in [7, 11) is 0. The molecule has 0 aliphatic rings. The first-order valence-corrected chi connectivity index (χ1v) is 6.81. The molecule has 0 aliphatic carbocycles. The van der Waals surface area contributed by atoms with Gasteiger partial charge in [-0.05, 0) is 37.1 Å². The van der Waals surface area contributed by atoms with Gasteiger partial charge in [0.15, 0.2) is 0 Å². The van der Waals surface area contributed by atoms with Gasteiger partial charge in [0.1, 0.15) is 17.3 Å². The number of nitrogens with zero attached hydrogens (tertiary/aromatic N) is 1. The first-order chi connectivity index (χ1) is 9.99. The summed E-state index contributed by atoms with van der Waals surface area (Å²) >= 11 is 0. The number of carbonyl (C=O) groups excluding carboxylic acids is 1. The number of aromatic nitrogens is 1. The Hall–Kier alpha value is -2.34. The van der Waals surface area contributed by atoms with Crippen LogP contribution in [0, 0.1) is 6.92 Å². The second kappa shape index (κ2) is 6.41. The summed E-state index contributed by atoms with van der Waals surface area (Å²) in [5.74, 6) is 7.42. The van der Waals surface area contributed by atoms with Crippen LogP contribution in [0.5, 0.6) is 0 Å². The maximum absolute atomic E-state index is 12.2. The molecular weight excluding hydrogens is 268 g/mol. The number of furan rings is 1. The number of hydrazine groups is 1. The number of amides is 1. The number of anilines is 1. The predicted octanol–water partition coefficient (Wildman–Crippen LogP) is 2.32. The Morgan fingerprint density at radius 3 is 2.71 bits per heavy atom. The third-order valence-corrected chi connectivity index (χ3v) is 3.07. The second-order valence-corrected chi connectivity index (χ2v) is 5.16. The van der Waals surface area contributed by atoms with Gasteiger partial charge in [-0.25, -0.2) is 10.8 Å². The molecule has 6 nitrogen and oxygen atoms in total.